The van der Waals surface area contributed by atoms with Gasteiger partial charge in [-0.1, -0.05) is 32.4 Å². The van der Waals surface area contributed by atoms with Crippen LogP contribution in [0.3, 0.4) is 0 Å². The van der Waals surface area contributed by atoms with Crippen LogP contribution in [0.25, 0.3) is 0 Å². The monoisotopic (exact) mass is 184 g/mol. The zero-order chi connectivity index (χ0) is 10.3. The van der Waals surface area contributed by atoms with E-state index >= 15 is 0 Å². The van der Waals surface area contributed by atoms with E-state index < -0.39 is 0 Å². The molecule has 0 amide bonds. The Morgan fingerprint density at radius 3 is 2.23 bits per heavy atom. The van der Waals surface area contributed by atoms with E-state index in [-0.39, 0.29) is 0 Å². The Bertz CT molecular complexity index is 147. The molecule has 0 radical (unpaired) electrons. The lowest BCUT2D eigenvalue weighted by molar-refractivity contribution is 0.258. The summed E-state index contributed by atoms with van der Waals surface area (Å²) in [6.45, 7) is 9.14. The average molecular weight is 184 g/mol. The molecular formula is C12H24O. The highest BCUT2D eigenvalue weighted by atomic mass is 16.3. The maximum absolute atomic E-state index is 8.75. The summed E-state index contributed by atoms with van der Waals surface area (Å²) < 4.78 is 0. The van der Waals surface area contributed by atoms with Crippen molar-refractivity contribution in [2.75, 3.05) is 6.61 Å². The van der Waals surface area contributed by atoms with Crippen molar-refractivity contribution in [3.05, 3.63) is 11.6 Å². The van der Waals surface area contributed by atoms with Crippen LogP contribution in [0, 0.1) is 11.8 Å². The van der Waals surface area contributed by atoms with Gasteiger partial charge in [-0.2, -0.15) is 0 Å². The van der Waals surface area contributed by atoms with Gasteiger partial charge >= 0.3 is 0 Å². The maximum Gasteiger partial charge on any atom is 0.0433 e. The predicted molar refractivity (Wildman–Crippen MR) is 58.7 cm³/mol. The second-order valence-electron chi connectivity index (χ2n) is 4.17. The van der Waals surface area contributed by atoms with Crippen LogP contribution in [0.1, 0.15) is 47.0 Å². The summed E-state index contributed by atoms with van der Waals surface area (Å²) in [6, 6.07) is 0. The summed E-state index contributed by atoms with van der Waals surface area (Å²) in [5, 5.41) is 8.75. The largest absolute Gasteiger partial charge is 0.396 e. The highest BCUT2D eigenvalue weighted by molar-refractivity contribution is 5.02. The van der Waals surface area contributed by atoms with E-state index in [1.165, 1.54) is 12.8 Å². The van der Waals surface area contributed by atoms with Gasteiger partial charge in [0.25, 0.3) is 0 Å². The van der Waals surface area contributed by atoms with E-state index in [4.69, 9.17) is 5.11 Å². The molecule has 1 heteroatoms. The first-order valence-corrected chi connectivity index (χ1v) is 5.37. The van der Waals surface area contributed by atoms with E-state index in [1.54, 1.807) is 5.57 Å². The van der Waals surface area contributed by atoms with Crippen LogP contribution in [-0.2, 0) is 0 Å². The van der Waals surface area contributed by atoms with Crippen molar-refractivity contribution >= 4 is 0 Å². The zero-order valence-electron chi connectivity index (χ0n) is 9.51. The Morgan fingerprint density at radius 1 is 1.23 bits per heavy atom. The molecule has 0 bridgehead atoms. The summed E-state index contributed by atoms with van der Waals surface area (Å²) in [7, 11) is 0. The van der Waals surface area contributed by atoms with Gasteiger partial charge in [-0.25, -0.2) is 0 Å². The van der Waals surface area contributed by atoms with Crippen molar-refractivity contribution in [1.29, 1.82) is 0 Å². The van der Waals surface area contributed by atoms with Crippen LogP contribution in [0.5, 0.6) is 0 Å². The Balaban J connectivity index is 3.73. The predicted octanol–water partition coefficient (Wildman–Crippen LogP) is 3.39. The van der Waals surface area contributed by atoms with Crippen LogP contribution < -0.4 is 0 Å². The highest BCUT2D eigenvalue weighted by Gasteiger charge is 2.05. The van der Waals surface area contributed by atoms with Gasteiger partial charge in [0, 0.05) is 6.61 Å². The third kappa shape index (κ3) is 5.87. The fourth-order valence-electron chi connectivity index (χ4n) is 1.54. The van der Waals surface area contributed by atoms with Crippen molar-refractivity contribution in [2.24, 2.45) is 11.8 Å². The van der Waals surface area contributed by atoms with Gasteiger partial charge in [0.15, 0.2) is 0 Å². The van der Waals surface area contributed by atoms with E-state index in [9.17, 15) is 0 Å². The Kier molecular flexibility index (Phi) is 6.97. The van der Waals surface area contributed by atoms with Crippen molar-refractivity contribution in [3.8, 4) is 0 Å². The third-order valence-electron chi connectivity index (χ3n) is 2.66. The lowest BCUT2D eigenvalue weighted by Gasteiger charge is -2.14. The fourth-order valence-corrected chi connectivity index (χ4v) is 1.54. The van der Waals surface area contributed by atoms with Crippen molar-refractivity contribution in [2.45, 2.75) is 47.0 Å². The molecule has 13 heavy (non-hydrogen) atoms. The summed E-state index contributed by atoms with van der Waals surface area (Å²) >= 11 is 0. The van der Waals surface area contributed by atoms with Crippen LogP contribution in [0.15, 0.2) is 11.6 Å². The molecular weight excluding hydrogens is 160 g/mol. The molecule has 0 aliphatic heterocycles. The summed E-state index contributed by atoms with van der Waals surface area (Å²) in [5.41, 5.74) is 1.55. The van der Waals surface area contributed by atoms with Gasteiger partial charge < -0.3 is 5.11 Å². The average Bonchev–Trinajstić information content (AvgIpc) is 2.05. The van der Waals surface area contributed by atoms with Gasteiger partial charge in [0.05, 0.1) is 0 Å². The molecule has 0 saturated carbocycles. The van der Waals surface area contributed by atoms with Crippen molar-refractivity contribution in [1.82, 2.24) is 0 Å². The Morgan fingerprint density at radius 2 is 1.85 bits per heavy atom. The molecule has 1 unspecified atom stereocenters. The molecule has 0 aliphatic rings. The second-order valence-corrected chi connectivity index (χ2v) is 4.17. The smallest absolute Gasteiger partial charge is 0.0433 e. The fraction of sp³-hybridized carbons (Fsp3) is 0.833. The summed E-state index contributed by atoms with van der Waals surface area (Å²) in [5.74, 6) is 1.32. The SMILES string of the molecule is CC=C(CCC(C)CCO)C(C)C. The first-order valence-electron chi connectivity index (χ1n) is 5.37. The lowest BCUT2D eigenvalue weighted by atomic mass is 9.93. The van der Waals surface area contributed by atoms with E-state index in [2.05, 4.69) is 33.8 Å². The van der Waals surface area contributed by atoms with Gasteiger partial charge in [-0.3, -0.25) is 0 Å². The van der Waals surface area contributed by atoms with Gasteiger partial charge in [0.1, 0.15) is 0 Å². The molecule has 0 spiro atoms. The number of hydrogen-bond donors (Lipinski definition) is 1. The molecule has 0 rings (SSSR count). The minimum atomic E-state index is 0.327. The molecule has 78 valence electrons. The van der Waals surface area contributed by atoms with E-state index in [1.807, 2.05) is 0 Å². The molecule has 0 aliphatic carbocycles. The van der Waals surface area contributed by atoms with Crippen LogP contribution in [-0.4, -0.2) is 11.7 Å². The van der Waals surface area contributed by atoms with E-state index in [0.717, 1.165) is 6.42 Å². The van der Waals surface area contributed by atoms with Crippen LogP contribution in [0.2, 0.25) is 0 Å². The minimum Gasteiger partial charge on any atom is -0.396 e. The molecule has 0 fully saturated rings. The van der Waals surface area contributed by atoms with Crippen molar-refractivity contribution in [3.63, 3.8) is 0 Å². The zero-order valence-corrected chi connectivity index (χ0v) is 9.51. The highest BCUT2D eigenvalue weighted by Crippen LogP contribution is 2.20. The molecule has 0 heterocycles. The van der Waals surface area contributed by atoms with Gasteiger partial charge in [-0.05, 0) is 38.0 Å². The van der Waals surface area contributed by atoms with Crippen LogP contribution in [0.4, 0.5) is 0 Å². The minimum absolute atomic E-state index is 0.327. The Labute approximate surface area is 82.9 Å². The molecule has 0 aromatic carbocycles. The number of aliphatic hydroxyl groups excluding tert-OH is 1. The topological polar surface area (TPSA) is 20.2 Å². The Hall–Kier alpha value is -0.300. The summed E-state index contributed by atoms with van der Waals surface area (Å²) in [6.07, 6.45) is 5.57. The number of aliphatic hydroxyl groups is 1. The number of allylic oxidation sites excluding steroid dienone is 2. The first-order chi connectivity index (χ1) is 6.11. The van der Waals surface area contributed by atoms with Crippen molar-refractivity contribution < 1.29 is 5.11 Å². The lowest BCUT2D eigenvalue weighted by Crippen LogP contribution is -2.01. The maximum atomic E-state index is 8.75. The molecule has 1 nitrogen and oxygen atoms in total. The third-order valence-corrected chi connectivity index (χ3v) is 2.66. The van der Waals surface area contributed by atoms with Crippen LogP contribution >= 0.6 is 0 Å². The number of rotatable bonds is 6. The van der Waals surface area contributed by atoms with E-state index in [0.29, 0.717) is 18.4 Å². The molecule has 1 N–H and O–H groups in total. The summed E-state index contributed by atoms with van der Waals surface area (Å²) in [4.78, 5) is 0. The quantitative estimate of drug-likeness (QED) is 0.627. The molecule has 0 aromatic heterocycles. The number of hydrogen-bond acceptors (Lipinski definition) is 1. The molecule has 0 aromatic rings. The molecule has 0 saturated heterocycles. The molecule has 1 atom stereocenters. The second kappa shape index (κ2) is 7.14. The van der Waals surface area contributed by atoms with Gasteiger partial charge in [0.2, 0.25) is 0 Å². The standard InChI is InChI=1S/C12H24O/c1-5-12(10(2)3)7-6-11(4)8-9-13/h5,10-11,13H,6-9H2,1-4H3. The normalized spacial score (nSPS) is 15.1. The first kappa shape index (κ1) is 12.7. The van der Waals surface area contributed by atoms with Gasteiger partial charge in [-0.15, -0.1) is 0 Å².